The summed E-state index contributed by atoms with van der Waals surface area (Å²) in [6, 6.07) is 1.82. The minimum absolute atomic E-state index is 0.0609. The maximum absolute atomic E-state index is 13.6. The van der Waals surface area contributed by atoms with Crippen LogP contribution in [-0.2, 0) is 0 Å². The highest BCUT2D eigenvalue weighted by Crippen LogP contribution is 2.34. The molecule has 0 saturated heterocycles. The van der Waals surface area contributed by atoms with Crippen molar-refractivity contribution in [2.75, 3.05) is 5.75 Å². The van der Waals surface area contributed by atoms with Gasteiger partial charge in [-0.2, -0.15) is 36.6 Å². The van der Waals surface area contributed by atoms with E-state index in [9.17, 15) is 30.7 Å². The molecule has 0 fully saturated rings. The number of alkyl halides is 7. The van der Waals surface area contributed by atoms with Crippen LogP contribution < -0.4 is 0 Å². The molecule has 0 aliphatic heterocycles. The van der Waals surface area contributed by atoms with Gasteiger partial charge in [0.05, 0.1) is 5.75 Å². The van der Waals surface area contributed by atoms with Gasteiger partial charge in [0.1, 0.15) is 5.69 Å². The second-order valence-electron chi connectivity index (χ2n) is 4.07. The Bertz CT molecular complexity index is 557. The molecule has 22 heavy (non-hydrogen) atoms. The molecule has 2 nitrogen and oxygen atoms in total. The Kier molecular flexibility index (Phi) is 6.25. The normalized spacial score (nSPS) is 14.6. The average molecular weight is 413 g/mol. The number of halogens is 8. The van der Waals surface area contributed by atoms with E-state index in [1.807, 2.05) is 0 Å². The SMILES string of the molecule is Cc1cc(F)c(N=NC(Br)C(F)(F)F)cc1SCC(F)(F)F. The van der Waals surface area contributed by atoms with E-state index in [0.717, 1.165) is 12.1 Å². The van der Waals surface area contributed by atoms with Gasteiger partial charge in [0.25, 0.3) is 0 Å². The van der Waals surface area contributed by atoms with Crippen LogP contribution in [0.25, 0.3) is 0 Å². The third-order valence-electron chi connectivity index (χ3n) is 2.17. The van der Waals surface area contributed by atoms with Gasteiger partial charge in [-0.3, -0.25) is 0 Å². The average Bonchev–Trinajstić information content (AvgIpc) is 2.33. The number of rotatable bonds is 4. The first-order valence-corrected chi connectivity index (χ1v) is 7.41. The highest BCUT2D eigenvalue weighted by molar-refractivity contribution is 9.09. The zero-order valence-corrected chi connectivity index (χ0v) is 13.2. The summed E-state index contributed by atoms with van der Waals surface area (Å²) in [4.78, 5) is -2.27. The van der Waals surface area contributed by atoms with Crippen LogP contribution in [0.4, 0.5) is 36.4 Å². The molecule has 0 aliphatic carbocycles. The van der Waals surface area contributed by atoms with Crippen LogP contribution in [-0.4, -0.2) is 23.1 Å². The molecule has 1 rings (SSSR count). The summed E-state index contributed by atoms with van der Waals surface area (Å²) >= 11 is 2.60. The van der Waals surface area contributed by atoms with Crippen molar-refractivity contribution in [3.8, 4) is 0 Å². The smallest absolute Gasteiger partial charge is 0.205 e. The standard InChI is InChI=1S/C11H8BrF7N2S/c1-5-2-6(13)7(20-21-9(12)11(17,18)19)3-8(5)22-4-10(14,15)16/h2-3,9H,4H2,1H3. The van der Waals surface area contributed by atoms with E-state index in [0.29, 0.717) is 11.8 Å². The highest BCUT2D eigenvalue weighted by Gasteiger charge is 2.38. The molecule has 124 valence electrons. The minimum atomic E-state index is -4.71. The number of thioether (sulfide) groups is 1. The van der Waals surface area contributed by atoms with Crippen LogP contribution >= 0.6 is 27.7 Å². The Morgan fingerprint density at radius 2 is 1.77 bits per heavy atom. The first-order chi connectivity index (χ1) is 9.90. The summed E-state index contributed by atoms with van der Waals surface area (Å²) < 4.78 is 86.8. The summed E-state index contributed by atoms with van der Waals surface area (Å²) in [6.45, 7) is 1.38. The van der Waals surface area contributed by atoms with Crippen LogP contribution in [0.2, 0.25) is 0 Å². The zero-order valence-electron chi connectivity index (χ0n) is 10.8. The zero-order chi connectivity index (χ0) is 17.1. The molecule has 11 heteroatoms. The largest absolute Gasteiger partial charge is 0.422 e. The van der Waals surface area contributed by atoms with Gasteiger partial charge in [-0.1, -0.05) is 15.9 Å². The van der Waals surface area contributed by atoms with E-state index in [2.05, 4.69) is 26.2 Å². The van der Waals surface area contributed by atoms with Crippen molar-refractivity contribution in [2.24, 2.45) is 10.2 Å². The van der Waals surface area contributed by atoms with Crippen molar-refractivity contribution in [1.29, 1.82) is 0 Å². The quantitative estimate of drug-likeness (QED) is 0.191. The Morgan fingerprint density at radius 3 is 2.27 bits per heavy atom. The van der Waals surface area contributed by atoms with Gasteiger partial charge >= 0.3 is 12.4 Å². The number of benzene rings is 1. The second-order valence-corrected chi connectivity index (χ2v) is 5.95. The lowest BCUT2D eigenvalue weighted by atomic mass is 10.2. The summed E-state index contributed by atoms with van der Waals surface area (Å²) in [5, 5.41) is 5.96. The predicted octanol–water partition coefficient (Wildman–Crippen LogP) is 6.16. The molecule has 0 N–H and O–H groups in total. The molecular formula is C11H8BrF7N2S. The molecule has 0 bridgehead atoms. The molecule has 0 heterocycles. The summed E-state index contributed by atoms with van der Waals surface area (Å²) in [5.74, 6) is -2.18. The predicted molar refractivity (Wildman–Crippen MR) is 71.2 cm³/mol. The van der Waals surface area contributed by atoms with Gasteiger partial charge in [-0.05, 0) is 24.6 Å². The molecular weight excluding hydrogens is 405 g/mol. The Balaban J connectivity index is 2.99. The molecule has 0 saturated carbocycles. The van der Waals surface area contributed by atoms with Gasteiger partial charge in [0.15, 0.2) is 5.82 Å². The molecule has 0 spiro atoms. The first-order valence-electron chi connectivity index (χ1n) is 5.51. The van der Waals surface area contributed by atoms with E-state index in [-0.39, 0.29) is 10.5 Å². The Morgan fingerprint density at radius 1 is 1.18 bits per heavy atom. The monoisotopic (exact) mass is 412 g/mol. The third kappa shape index (κ3) is 6.11. The van der Waals surface area contributed by atoms with Gasteiger partial charge in [-0.25, -0.2) is 4.39 Å². The maximum Gasteiger partial charge on any atom is 0.422 e. The summed E-state index contributed by atoms with van der Waals surface area (Å²) in [5.41, 5.74) is -0.346. The van der Waals surface area contributed by atoms with Gasteiger partial charge in [0.2, 0.25) is 4.95 Å². The number of hydrogen-bond acceptors (Lipinski definition) is 3. The number of aryl methyl sites for hydroxylation is 1. The first kappa shape index (κ1) is 19.2. The van der Waals surface area contributed by atoms with Crippen molar-refractivity contribution < 1.29 is 30.7 Å². The van der Waals surface area contributed by atoms with E-state index in [4.69, 9.17) is 0 Å². The molecule has 0 aliphatic rings. The van der Waals surface area contributed by atoms with E-state index in [1.54, 1.807) is 0 Å². The van der Waals surface area contributed by atoms with Crippen LogP contribution in [0, 0.1) is 12.7 Å². The Labute approximate surface area is 133 Å². The fraction of sp³-hybridized carbons (Fsp3) is 0.455. The molecule has 1 atom stereocenters. The molecule has 0 amide bonds. The molecule has 0 radical (unpaired) electrons. The van der Waals surface area contributed by atoms with Gasteiger partial charge in [0, 0.05) is 4.90 Å². The van der Waals surface area contributed by atoms with E-state index >= 15 is 0 Å². The molecule has 1 unspecified atom stereocenters. The van der Waals surface area contributed by atoms with Crippen molar-refractivity contribution in [3.63, 3.8) is 0 Å². The molecule has 1 aromatic rings. The van der Waals surface area contributed by atoms with E-state index in [1.165, 1.54) is 6.92 Å². The van der Waals surface area contributed by atoms with Crippen molar-refractivity contribution >= 4 is 33.4 Å². The summed E-state index contributed by atoms with van der Waals surface area (Å²) in [7, 11) is 0. The molecule has 1 aromatic carbocycles. The van der Waals surface area contributed by atoms with E-state index < -0.39 is 34.6 Å². The topological polar surface area (TPSA) is 24.7 Å². The van der Waals surface area contributed by atoms with Crippen LogP contribution in [0.1, 0.15) is 5.56 Å². The van der Waals surface area contributed by atoms with Crippen molar-refractivity contribution in [1.82, 2.24) is 0 Å². The maximum atomic E-state index is 13.6. The lowest BCUT2D eigenvalue weighted by Gasteiger charge is -2.10. The number of azo groups is 1. The second kappa shape index (κ2) is 7.16. The van der Waals surface area contributed by atoms with Crippen LogP contribution in [0.15, 0.2) is 27.3 Å². The number of hydrogen-bond donors (Lipinski definition) is 0. The van der Waals surface area contributed by atoms with Gasteiger partial charge < -0.3 is 0 Å². The lowest BCUT2D eigenvalue weighted by molar-refractivity contribution is -0.126. The van der Waals surface area contributed by atoms with Gasteiger partial charge in [-0.15, -0.1) is 11.8 Å². The molecule has 0 aromatic heterocycles. The van der Waals surface area contributed by atoms with Crippen LogP contribution in [0.5, 0.6) is 0 Å². The fourth-order valence-corrected chi connectivity index (χ4v) is 2.10. The van der Waals surface area contributed by atoms with Crippen LogP contribution in [0.3, 0.4) is 0 Å². The lowest BCUT2D eigenvalue weighted by Crippen LogP contribution is -2.19. The third-order valence-corrected chi connectivity index (χ3v) is 4.10. The van der Waals surface area contributed by atoms with Crippen molar-refractivity contribution in [2.45, 2.75) is 29.1 Å². The fourth-order valence-electron chi connectivity index (χ4n) is 1.21. The Hall–Kier alpha value is -0.840. The summed E-state index contributed by atoms with van der Waals surface area (Å²) in [6.07, 6.45) is -9.14. The highest BCUT2D eigenvalue weighted by atomic mass is 79.9. The van der Waals surface area contributed by atoms with Crippen molar-refractivity contribution in [3.05, 3.63) is 23.5 Å². The number of nitrogens with zero attached hydrogens (tertiary/aromatic N) is 2. The minimum Gasteiger partial charge on any atom is -0.205 e.